The second-order valence-corrected chi connectivity index (χ2v) is 7.46. The third kappa shape index (κ3) is 5.50. The zero-order valence-electron chi connectivity index (χ0n) is 13.0. The molecule has 132 valence electrons. The molecule has 1 atom stereocenters. The minimum absolute atomic E-state index is 0.280. The Labute approximate surface area is 139 Å². The normalized spacial score (nSPS) is 16.4. The third-order valence-corrected chi connectivity index (χ3v) is 5.01. The molecule has 0 spiro atoms. The summed E-state index contributed by atoms with van der Waals surface area (Å²) in [5, 5.41) is 9.17. The van der Waals surface area contributed by atoms with Crippen LogP contribution in [0.25, 0.3) is 0 Å². The summed E-state index contributed by atoms with van der Waals surface area (Å²) >= 11 is 0. The number of amides is 1. The maximum absolute atomic E-state index is 12.2. The summed E-state index contributed by atoms with van der Waals surface area (Å²) in [6.45, 7) is 1.22. The van der Waals surface area contributed by atoms with Gasteiger partial charge in [0.1, 0.15) is 0 Å². The first-order valence-corrected chi connectivity index (χ1v) is 9.20. The fourth-order valence-electron chi connectivity index (χ4n) is 2.22. The molecule has 0 radical (unpaired) electrons. The number of sulfone groups is 1. The summed E-state index contributed by atoms with van der Waals surface area (Å²) in [5.74, 6) is -2.58. The first-order valence-electron chi connectivity index (χ1n) is 7.38. The molecule has 2 rings (SSSR count). The maximum atomic E-state index is 12.2. The average Bonchev–Trinajstić information content (AvgIpc) is 2.55. The Morgan fingerprint density at radius 1 is 1.21 bits per heavy atom. The van der Waals surface area contributed by atoms with Crippen molar-refractivity contribution in [3.8, 4) is 0 Å². The van der Waals surface area contributed by atoms with Gasteiger partial charge >= 0.3 is 12.1 Å². The molecule has 1 aromatic carbocycles. The van der Waals surface area contributed by atoms with Gasteiger partial charge in [0.15, 0.2) is 9.84 Å². The van der Waals surface area contributed by atoms with Crippen LogP contribution < -0.4 is 0 Å². The molecule has 0 saturated carbocycles. The summed E-state index contributed by atoms with van der Waals surface area (Å²) in [6, 6.07) is 8.40. The van der Waals surface area contributed by atoms with E-state index in [0.717, 1.165) is 0 Å². The molecule has 1 N–H and O–H groups in total. The van der Waals surface area contributed by atoms with Crippen LogP contribution in [0, 0.1) is 0 Å². The highest BCUT2D eigenvalue weighted by atomic mass is 32.2. The van der Waals surface area contributed by atoms with E-state index in [1.165, 1.54) is 4.90 Å². The number of morpholine rings is 1. The summed E-state index contributed by atoms with van der Waals surface area (Å²) in [5.41, 5.74) is 0.543. The van der Waals surface area contributed by atoms with Crippen molar-refractivity contribution >= 4 is 21.9 Å². The molecular weight excluding hydrogens is 338 g/mol. The second kappa shape index (κ2) is 8.11. The van der Waals surface area contributed by atoms with Crippen LogP contribution in [0.3, 0.4) is 0 Å². The maximum Gasteiger partial charge on any atom is 0.410 e. The number of rotatable bonds is 6. The fraction of sp³-hybridized carbons (Fsp3) is 0.467. The van der Waals surface area contributed by atoms with E-state index < -0.39 is 33.8 Å². The first kappa shape index (κ1) is 18.2. The Hall–Kier alpha value is -2.13. The number of carbonyl (C=O) groups excluding carboxylic acids is 1. The molecule has 1 aromatic rings. The number of carboxylic acid groups (broad SMARTS) is 1. The van der Waals surface area contributed by atoms with Gasteiger partial charge in [-0.3, -0.25) is 0 Å². The van der Waals surface area contributed by atoms with Crippen LogP contribution in [0.15, 0.2) is 30.3 Å². The standard InChI is InChI=1S/C15H19NO7S/c17-14(18)13(23-15(19)16-6-8-22-9-7-16)11-24(20,21)10-12-4-2-1-3-5-12/h1-5,13H,6-11H2,(H,17,18)/t13-/m0/s1. The molecule has 0 bridgehead atoms. The number of carbonyl (C=O) groups is 2. The molecule has 1 heterocycles. The van der Waals surface area contributed by atoms with Crippen LogP contribution >= 0.6 is 0 Å². The topological polar surface area (TPSA) is 110 Å². The highest BCUT2D eigenvalue weighted by Crippen LogP contribution is 2.11. The predicted molar refractivity (Wildman–Crippen MR) is 84.2 cm³/mol. The lowest BCUT2D eigenvalue weighted by Crippen LogP contribution is -2.44. The zero-order valence-corrected chi connectivity index (χ0v) is 13.8. The number of hydrogen-bond donors (Lipinski definition) is 1. The molecule has 9 heteroatoms. The van der Waals surface area contributed by atoms with Gasteiger partial charge < -0.3 is 19.5 Å². The van der Waals surface area contributed by atoms with Gasteiger partial charge in [0.25, 0.3) is 0 Å². The van der Waals surface area contributed by atoms with E-state index in [0.29, 0.717) is 18.8 Å². The monoisotopic (exact) mass is 357 g/mol. The van der Waals surface area contributed by atoms with Crippen molar-refractivity contribution < 1.29 is 32.6 Å². The number of carboxylic acids is 1. The van der Waals surface area contributed by atoms with Crippen LogP contribution in [-0.2, 0) is 29.9 Å². The number of benzene rings is 1. The van der Waals surface area contributed by atoms with Gasteiger partial charge in [-0.2, -0.15) is 0 Å². The summed E-state index contributed by atoms with van der Waals surface area (Å²) in [6.07, 6.45) is -2.59. The van der Waals surface area contributed by atoms with Gasteiger partial charge in [-0.1, -0.05) is 30.3 Å². The smallest absolute Gasteiger partial charge is 0.410 e. The van der Waals surface area contributed by atoms with Crippen molar-refractivity contribution in [2.45, 2.75) is 11.9 Å². The van der Waals surface area contributed by atoms with E-state index in [9.17, 15) is 18.0 Å². The van der Waals surface area contributed by atoms with Crippen molar-refractivity contribution in [3.63, 3.8) is 0 Å². The minimum Gasteiger partial charge on any atom is -0.478 e. The number of aliphatic carboxylic acids is 1. The molecule has 0 aliphatic carbocycles. The minimum atomic E-state index is -3.76. The second-order valence-electron chi connectivity index (χ2n) is 5.35. The summed E-state index contributed by atoms with van der Waals surface area (Å²) in [4.78, 5) is 24.5. The van der Waals surface area contributed by atoms with E-state index in [-0.39, 0.29) is 18.8 Å². The van der Waals surface area contributed by atoms with Crippen LogP contribution in [-0.4, -0.2) is 68.6 Å². The van der Waals surface area contributed by atoms with E-state index in [2.05, 4.69) is 0 Å². The van der Waals surface area contributed by atoms with Crippen LogP contribution in [0.2, 0.25) is 0 Å². The molecule has 1 amide bonds. The molecule has 0 unspecified atom stereocenters. The highest BCUT2D eigenvalue weighted by Gasteiger charge is 2.31. The van der Waals surface area contributed by atoms with E-state index in [1.54, 1.807) is 30.3 Å². The third-order valence-electron chi connectivity index (χ3n) is 3.42. The molecule has 1 saturated heterocycles. The number of ether oxygens (including phenoxy) is 2. The quantitative estimate of drug-likeness (QED) is 0.790. The van der Waals surface area contributed by atoms with E-state index in [4.69, 9.17) is 14.6 Å². The number of hydrogen-bond acceptors (Lipinski definition) is 6. The first-order chi connectivity index (χ1) is 11.4. The van der Waals surface area contributed by atoms with Crippen molar-refractivity contribution in [1.82, 2.24) is 4.90 Å². The molecule has 1 fully saturated rings. The van der Waals surface area contributed by atoms with Crippen molar-refractivity contribution in [2.75, 3.05) is 32.1 Å². The predicted octanol–water partition coefficient (Wildman–Crippen LogP) is 0.523. The van der Waals surface area contributed by atoms with Crippen LogP contribution in [0.1, 0.15) is 5.56 Å². The average molecular weight is 357 g/mol. The van der Waals surface area contributed by atoms with Crippen molar-refractivity contribution in [2.24, 2.45) is 0 Å². The Morgan fingerprint density at radius 2 is 1.83 bits per heavy atom. The largest absolute Gasteiger partial charge is 0.478 e. The van der Waals surface area contributed by atoms with Crippen LogP contribution in [0.5, 0.6) is 0 Å². The molecule has 8 nitrogen and oxygen atoms in total. The van der Waals surface area contributed by atoms with E-state index >= 15 is 0 Å². The highest BCUT2D eigenvalue weighted by molar-refractivity contribution is 7.90. The zero-order chi connectivity index (χ0) is 17.6. The van der Waals surface area contributed by atoms with Gasteiger partial charge in [-0.05, 0) is 5.56 Å². The lowest BCUT2D eigenvalue weighted by Gasteiger charge is -2.27. The summed E-state index contributed by atoms with van der Waals surface area (Å²) < 4.78 is 34.3. The van der Waals surface area contributed by atoms with Gasteiger partial charge in [0.2, 0.25) is 6.10 Å². The Bertz CT molecular complexity index is 668. The van der Waals surface area contributed by atoms with Gasteiger partial charge in [0, 0.05) is 13.1 Å². The van der Waals surface area contributed by atoms with Crippen LogP contribution in [0.4, 0.5) is 4.79 Å². The van der Waals surface area contributed by atoms with Crippen molar-refractivity contribution in [1.29, 1.82) is 0 Å². The van der Waals surface area contributed by atoms with Crippen molar-refractivity contribution in [3.05, 3.63) is 35.9 Å². The lowest BCUT2D eigenvalue weighted by molar-refractivity contribution is -0.146. The molecule has 0 aromatic heterocycles. The number of nitrogens with zero attached hydrogens (tertiary/aromatic N) is 1. The van der Waals surface area contributed by atoms with Gasteiger partial charge in [0.05, 0.1) is 24.7 Å². The fourth-order valence-corrected chi connectivity index (χ4v) is 3.71. The SMILES string of the molecule is O=C(O)[C@H](CS(=O)(=O)Cc1ccccc1)OC(=O)N1CCOCC1. The molecule has 24 heavy (non-hydrogen) atoms. The summed E-state index contributed by atoms with van der Waals surface area (Å²) in [7, 11) is -3.76. The van der Waals surface area contributed by atoms with Gasteiger partial charge in [-0.15, -0.1) is 0 Å². The molecule has 1 aliphatic rings. The Kier molecular flexibility index (Phi) is 6.16. The lowest BCUT2D eigenvalue weighted by atomic mass is 10.2. The molecular formula is C15H19NO7S. The van der Waals surface area contributed by atoms with Gasteiger partial charge in [-0.25, -0.2) is 18.0 Å². The Balaban J connectivity index is 1.99. The molecule has 1 aliphatic heterocycles. The van der Waals surface area contributed by atoms with E-state index in [1.807, 2.05) is 0 Å². The Morgan fingerprint density at radius 3 is 2.42 bits per heavy atom.